The van der Waals surface area contributed by atoms with Crippen LogP contribution in [0.3, 0.4) is 0 Å². The van der Waals surface area contributed by atoms with E-state index in [1.165, 1.54) is 6.07 Å². The molecule has 0 aliphatic heterocycles. The predicted octanol–water partition coefficient (Wildman–Crippen LogP) is 4.57. The molecule has 136 valence electrons. The summed E-state index contributed by atoms with van der Waals surface area (Å²) in [6, 6.07) is 12.4. The molecule has 1 amide bonds. The quantitative estimate of drug-likeness (QED) is 0.645. The SMILES string of the molecule is CCCCCCN(C(=O)OCC)S(=O)(=O)c1ccc2ccccc2c1. The van der Waals surface area contributed by atoms with Crippen LogP contribution in [0.15, 0.2) is 47.4 Å². The average molecular weight is 363 g/mol. The van der Waals surface area contributed by atoms with Crippen molar-refractivity contribution in [2.45, 2.75) is 44.4 Å². The molecule has 0 fully saturated rings. The van der Waals surface area contributed by atoms with Crippen molar-refractivity contribution >= 4 is 26.9 Å². The number of rotatable bonds is 8. The standard InChI is InChI=1S/C19H25NO4S/c1-3-5-6-9-14-20(19(21)24-4-2)25(22,23)18-13-12-16-10-7-8-11-17(16)15-18/h7-8,10-13,15H,3-6,9,14H2,1-2H3. The van der Waals surface area contributed by atoms with E-state index in [0.717, 1.165) is 34.3 Å². The van der Waals surface area contributed by atoms with Gasteiger partial charge >= 0.3 is 6.09 Å². The highest BCUT2D eigenvalue weighted by Crippen LogP contribution is 2.23. The van der Waals surface area contributed by atoms with Crippen molar-refractivity contribution < 1.29 is 17.9 Å². The van der Waals surface area contributed by atoms with Gasteiger partial charge in [-0.2, -0.15) is 0 Å². The first-order valence-electron chi connectivity index (χ1n) is 8.69. The Hall–Kier alpha value is -2.08. The fraction of sp³-hybridized carbons (Fsp3) is 0.421. The van der Waals surface area contributed by atoms with Gasteiger partial charge in [0.15, 0.2) is 0 Å². The van der Waals surface area contributed by atoms with Crippen molar-refractivity contribution in [1.82, 2.24) is 4.31 Å². The summed E-state index contributed by atoms with van der Waals surface area (Å²) in [6.07, 6.45) is 2.73. The number of unbranched alkanes of at least 4 members (excludes halogenated alkanes) is 3. The number of sulfonamides is 1. The number of hydrogen-bond acceptors (Lipinski definition) is 4. The van der Waals surface area contributed by atoms with E-state index in [4.69, 9.17) is 4.74 Å². The minimum Gasteiger partial charge on any atom is -0.449 e. The fourth-order valence-corrected chi connectivity index (χ4v) is 4.03. The second-order valence-electron chi connectivity index (χ2n) is 5.85. The van der Waals surface area contributed by atoms with Crippen LogP contribution in [0.2, 0.25) is 0 Å². The van der Waals surface area contributed by atoms with Crippen molar-refractivity contribution in [3.05, 3.63) is 42.5 Å². The van der Waals surface area contributed by atoms with Crippen molar-refractivity contribution in [2.24, 2.45) is 0 Å². The summed E-state index contributed by atoms with van der Waals surface area (Å²) in [5.74, 6) is 0. The first-order chi connectivity index (χ1) is 12.0. The van der Waals surface area contributed by atoms with Crippen LogP contribution in [0.1, 0.15) is 39.5 Å². The van der Waals surface area contributed by atoms with E-state index in [1.54, 1.807) is 19.1 Å². The number of ether oxygens (including phenoxy) is 1. The molecule has 0 atom stereocenters. The molecule has 0 bridgehead atoms. The lowest BCUT2D eigenvalue weighted by atomic mass is 10.1. The van der Waals surface area contributed by atoms with Crippen molar-refractivity contribution in [3.63, 3.8) is 0 Å². The number of benzene rings is 2. The molecule has 2 rings (SSSR count). The zero-order chi connectivity index (χ0) is 18.3. The van der Waals surface area contributed by atoms with Gasteiger partial charge in [0.05, 0.1) is 11.5 Å². The maximum Gasteiger partial charge on any atom is 0.423 e. The minimum atomic E-state index is -3.94. The highest BCUT2D eigenvalue weighted by molar-refractivity contribution is 7.89. The molecule has 0 saturated heterocycles. The number of fused-ring (bicyclic) bond motifs is 1. The highest BCUT2D eigenvalue weighted by atomic mass is 32.2. The molecule has 0 aromatic heterocycles. The molecule has 25 heavy (non-hydrogen) atoms. The molecule has 0 spiro atoms. The molecule has 0 aliphatic carbocycles. The molecule has 0 unspecified atom stereocenters. The topological polar surface area (TPSA) is 63.7 Å². The van der Waals surface area contributed by atoms with Crippen LogP contribution >= 0.6 is 0 Å². The first kappa shape index (κ1) is 19.2. The van der Waals surface area contributed by atoms with Gasteiger partial charge in [0.2, 0.25) is 0 Å². The highest BCUT2D eigenvalue weighted by Gasteiger charge is 2.30. The van der Waals surface area contributed by atoms with E-state index in [1.807, 2.05) is 24.3 Å². The van der Waals surface area contributed by atoms with Crippen LogP contribution < -0.4 is 0 Å². The summed E-state index contributed by atoms with van der Waals surface area (Å²) in [4.78, 5) is 12.3. The van der Waals surface area contributed by atoms with E-state index in [9.17, 15) is 13.2 Å². The third-order valence-corrected chi connectivity index (χ3v) is 5.76. The monoisotopic (exact) mass is 363 g/mol. The van der Waals surface area contributed by atoms with E-state index < -0.39 is 16.1 Å². The summed E-state index contributed by atoms with van der Waals surface area (Å²) < 4.78 is 31.8. The summed E-state index contributed by atoms with van der Waals surface area (Å²) in [5, 5.41) is 1.77. The maximum atomic E-state index is 13.0. The molecule has 2 aromatic carbocycles. The van der Waals surface area contributed by atoms with Crippen LogP contribution in [-0.4, -0.2) is 32.0 Å². The van der Waals surface area contributed by atoms with Crippen LogP contribution in [-0.2, 0) is 14.8 Å². The Morgan fingerprint density at radius 2 is 1.72 bits per heavy atom. The van der Waals surface area contributed by atoms with Crippen LogP contribution in [0.4, 0.5) is 4.79 Å². The van der Waals surface area contributed by atoms with Gasteiger partial charge in [-0.25, -0.2) is 17.5 Å². The van der Waals surface area contributed by atoms with Crippen LogP contribution in [0.5, 0.6) is 0 Å². The average Bonchev–Trinajstić information content (AvgIpc) is 2.61. The molecule has 0 aliphatic rings. The molecule has 0 N–H and O–H groups in total. The molecule has 0 saturated carbocycles. The Kier molecular flexibility index (Phi) is 6.82. The summed E-state index contributed by atoms with van der Waals surface area (Å²) in [6.45, 7) is 4.01. The Labute approximate surface area is 149 Å². The van der Waals surface area contributed by atoms with Crippen LogP contribution in [0, 0.1) is 0 Å². The summed E-state index contributed by atoms with van der Waals surface area (Å²) >= 11 is 0. The van der Waals surface area contributed by atoms with Gasteiger partial charge in [-0.15, -0.1) is 0 Å². The van der Waals surface area contributed by atoms with Gasteiger partial charge in [0.25, 0.3) is 10.0 Å². The Balaban J connectivity index is 2.32. The Morgan fingerprint density at radius 3 is 2.40 bits per heavy atom. The summed E-state index contributed by atoms with van der Waals surface area (Å²) in [7, 11) is -3.94. The number of carbonyl (C=O) groups excluding carboxylic acids is 1. The minimum absolute atomic E-state index is 0.106. The van der Waals surface area contributed by atoms with Crippen molar-refractivity contribution in [3.8, 4) is 0 Å². The second-order valence-corrected chi connectivity index (χ2v) is 7.71. The van der Waals surface area contributed by atoms with E-state index in [2.05, 4.69) is 6.92 Å². The second kappa shape index (κ2) is 8.85. The predicted molar refractivity (Wildman–Crippen MR) is 99.0 cm³/mol. The van der Waals surface area contributed by atoms with Gasteiger partial charge in [-0.1, -0.05) is 56.5 Å². The fourth-order valence-electron chi connectivity index (χ4n) is 2.64. The van der Waals surface area contributed by atoms with Gasteiger partial charge in [-0.05, 0) is 36.2 Å². The van der Waals surface area contributed by atoms with Crippen molar-refractivity contribution in [1.29, 1.82) is 0 Å². The van der Waals surface area contributed by atoms with E-state index >= 15 is 0 Å². The molecular formula is C19H25NO4S. The van der Waals surface area contributed by atoms with Gasteiger partial charge in [0.1, 0.15) is 0 Å². The normalized spacial score (nSPS) is 11.4. The molecule has 6 heteroatoms. The lowest BCUT2D eigenvalue weighted by Gasteiger charge is -2.22. The Morgan fingerprint density at radius 1 is 1.00 bits per heavy atom. The molecule has 0 radical (unpaired) electrons. The number of amides is 1. The number of hydrogen-bond donors (Lipinski definition) is 0. The largest absolute Gasteiger partial charge is 0.449 e. The maximum absolute atomic E-state index is 13.0. The Bertz CT molecular complexity index is 817. The zero-order valence-electron chi connectivity index (χ0n) is 14.8. The molecular weight excluding hydrogens is 338 g/mol. The number of nitrogens with zero attached hydrogens (tertiary/aromatic N) is 1. The van der Waals surface area contributed by atoms with E-state index in [-0.39, 0.29) is 18.0 Å². The third-order valence-electron chi connectivity index (χ3n) is 4.00. The smallest absolute Gasteiger partial charge is 0.423 e. The molecule has 0 heterocycles. The summed E-state index contributed by atoms with van der Waals surface area (Å²) in [5.41, 5.74) is 0. The van der Waals surface area contributed by atoms with E-state index in [0.29, 0.717) is 6.42 Å². The van der Waals surface area contributed by atoms with Crippen LogP contribution in [0.25, 0.3) is 10.8 Å². The van der Waals surface area contributed by atoms with Crippen molar-refractivity contribution in [2.75, 3.05) is 13.2 Å². The van der Waals surface area contributed by atoms with Gasteiger partial charge in [0, 0.05) is 6.54 Å². The lowest BCUT2D eigenvalue weighted by Crippen LogP contribution is -2.38. The third kappa shape index (κ3) is 4.72. The van der Waals surface area contributed by atoms with Gasteiger partial charge in [-0.3, -0.25) is 0 Å². The first-order valence-corrected chi connectivity index (χ1v) is 10.1. The molecule has 5 nitrogen and oxygen atoms in total. The lowest BCUT2D eigenvalue weighted by molar-refractivity contribution is 0.130. The molecule has 2 aromatic rings. The zero-order valence-corrected chi connectivity index (χ0v) is 15.6. The van der Waals surface area contributed by atoms with Gasteiger partial charge < -0.3 is 4.74 Å². The number of carbonyl (C=O) groups is 1.